The second-order valence-corrected chi connectivity index (χ2v) is 5.89. The van der Waals surface area contributed by atoms with Crippen molar-refractivity contribution in [2.45, 2.75) is 27.2 Å². The van der Waals surface area contributed by atoms with Crippen LogP contribution in [-0.2, 0) is 11.2 Å². The Morgan fingerprint density at radius 1 is 1.20 bits per heavy atom. The Labute approximate surface area is 144 Å². The predicted octanol–water partition coefficient (Wildman–Crippen LogP) is 2.06. The topological polar surface area (TPSA) is 92.7 Å². The van der Waals surface area contributed by atoms with Gasteiger partial charge in [-0.1, -0.05) is 30.3 Å². The molecule has 0 saturated carbocycles. The van der Waals surface area contributed by atoms with Gasteiger partial charge in [0.15, 0.2) is 0 Å². The molecule has 0 spiro atoms. The highest BCUT2D eigenvalue weighted by Crippen LogP contribution is 2.15. The number of nitrogens with one attached hydrogen (secondary N) is 2. The van der Waals surface area contributed by atoms with E-state index in [-0.39, 0.29) is 23.8 Å². The number of H-pyrrole nitrogens is 1. The summed E-state index contributed by atoms with van der Waals surface area (Å²) in [5.41, 5.74) is 2.57. The number of aryl methyl sites for hydroxylation is 2. The number of carbonyl (C=O) groups excluding carboxylic acids is 1. The third-order valence-electron chi connectivity index (χ3n) is 3.89. The minimum Gasteiger partial charge on any atom is -0.310 e. The number of anilines is 1. The van der Waals surface area contributed by atoms with Crippen molar-refractivity contribution in [1.82, 2.24) is 19.7 Å². The molecule has 0 unspecified atom stereocenters. The molecular formula is C18H19N5O2. The highest BCUT2D eigenvalue weighted by molar-refractivity contribution is 5.91. The minimum atomic E-state index is -0.225. The molecule has 7 heteroatoms. The molecule has 1 amide bonds. The molecule has 3 rings (SSSR count). The van der Waals surface area contributed by atoms with Crippen LogP contribution in [0.3, 0.4) is 0 Å². The van der Waals surface area contributed by atoms with Crippen molar-refractivity contribution in [2.24, 2.45) is 0 Å². The Balaban J connectivity index is 1.89. The van der Waals surface area contributed by atoms with Crippen LogP contribution in [0.5, 0.6) is 0 Å². The van der Waals surface area contributed by atoms with E-state index in [4.69, 9.17) is 0 Å². The van der Waals surface area contributed by atoms with E-state index < -0.39 is 0 Å². The minimum absolute atomic E-state index is 0.168. The fourth-order valence-corrected chi connectivity index (χ4v) is 2.45. The molecule has 2 heterocycles. The molecular weight excluding hydrogens is 318 g/mol. The summed E-state index contributed by atoms with van der Waals surface area (Å²) in [5.74, 6) is 0.569. The standard InChI is InChI=1S/C18H19N5O2/c1-11-9-15(20-16(24)10-14-7-5-4-6-8-14)23(22-11)18-19-13(3)12(2)17(25)21-18/h4-9H,10H2,1-3H3,(H,20,24)(H,19,21,25). The maximum absolute atomic E-state index is 12.3. The summed E-state index contributed by atoms with van der Waals surface area (Å²) < 4.78 is 1.44. The highest BCUT2D eigenvalue weighted by Gasteiger charge is 2.14. The first kappa shape index (κ1) is 16.6. The van der Waals surface area contributed by atoms with Crippen molar-refractivity contribution < 1.29 is 4.79 Å². The molecule has 25 heavy (non-hydrogen) atoms. The van der Waals surface area contributed by atoms with Gasteiger partial charge < -0.3 is 5.32 Å². The van der Waals surface area contributed by atoms with Gasteiger partial charge in [-0.05, 0) is 26.3 Å². The molecule has 2 N–H and O–H groups in total. The van der Waals surface area contributed by atoms with Crippen LogP contribution in [-0.4, -0.2) is 25.7 Å². The summed E-state index contributed by atoms with van der Waals surface area (Å²) in [4.78, 5) is 31.4. The molecule has 0 fully saturated rings. The van der Waals surface area contributed by atoms with E-state index >= 15 is 0 Å². The highest BCUT2D eigenvalue weighted by atomic mass is 16.1. The number of aromatic nitrogens is 4. The Morgan fingerprint density at radius 2 is 1.92 bits per heavy atom. The summed E-state index contributed by atoms with van der Waals surface area (Å²) in [6, 6.07) is 11.2. The molecule has 0 radical (unpaired) electrons. The zero-order chi connectivity index (χ0) is 18.0. The Bertz CT molecular complexity index is 973. The van der Waals surface area contributed by atoms with E-state index in [9.17, 15) is 9.59 Å². The second-order valence-electron chi connectivity index (χ2n) is 5.89. The lowest BCUT2D eigenvalue weighted by Gasteiger charge is -2.09. The lowest BCUT2D eigenvalue weighted by atomic mass is 10.1. The second kappa shape index (κ2) is 6.72. The molecule has 0 aliphatic rings. The van der Waals surface area contributed by atoms with E-state index in [1.807, 2.05) is 37.3 Å². The fraction of sp³-hybridized carbons (Fsp3) is 0.222. The van der Waals surface area contributed by atoms with Crippen LogP contribution in [0.2, 0.25) is 0 Å². The first-order chi connectivity index (χ1) is 11.9. The molecule has 0 aliphatic heterocycles. The molecule has 0 saturated heterocycles. The lowest BCUT2D eigenvalue weighted by molar-refractivity contribution is -0.115. The van der Waals surface area contributed by atoms with Gasteiger partial charge in [0.2, 0.25) is 11.9 Å². The van der Waals surface area contributed by atoms with Crippen molar-refractivity contribution in [2.75, 3.05) is 5.32 Å². The van der Waals surface area contributed by atoms with Crippen molar-refractivity contribution in [3.8, 4) is 5.95 Å². The van der Waals surface area contributed by atoms with Crippen molar-refractivity contribution >= 4 is 11.7 Å². The molecule has 2 aromatic heterocycles. The molecule has 0 bridgehead atoms. The van der Waals surface area contributed by atoms with Crippen molar-refractivity contribution in [3.63, 3.8) is 0 Å². The van der Waals surface area contributed by atoms with Crippen LogP contribution in [0.25, 0.3) is 5.95 Å². The Morgan fingerprint density at radius 3 is 2.60 bits per heavy atom. The van der Waals surface area contributed by atoms with E-state index in [2.05, 4.69) is 20.4 Å². The van der Waals surface area contributed by atoms with Crippen LogP contribution in [0, 0.1) is 20.8 Å². The van der Waals surface area contributed by atoms with Crippen LogP contribution in [0.4, 0.5) is 5.82 Å². The number of hydrogen-bond acceptors (Lipinski definition) is 4. The van der Waals surface area contributed by atoms with Crippen molar-refractivity contribution in [1.29, 1.82) is 0 Å². The average Bonchev–Trinajstić information content (AvgIpc) is 2.93. The van der Waals surface area contributed by atoms with Gasteiger partial charge in [0.1, 0.15) is 5.82 Å². The third kappa shape index (κ3) is 3.65. The maximum atomic E-state index is 12.3. The summed E-state index contributed by atoms with van der Waals surface area (Å²) in [5, 5.41) is 7.15. The van der Waals surface area contributed by atoms with Gasteiger partial charge in [-0.3, -0.25) is 14.6 Å². The fourth-order valence-electron chi connectivity index (χ4n) is 2.45. The smallest absolute Gasteiger partial charge is 0.255 e. The van der Waals surface area contributed by atoms with Gasteiger partial charge in [0.05, 0.1) is 12.1 Å². The number of benzene rings is 1. The predicted molar refractivity (Wildman–Crippen MR) is 95.0 cm³/mol. The Hall–Kier alpha value is -3.22. The molecule has 128 valence electrons. The molecule has 3 aromatic rings. The molecule has 0 aliphatic carbocycles. The number of nitrogens with zero attached hydrogens (tertiary/aromatic N) is 3. The summed E-state index contributed by atoms with van der Waals surface area (Å²) in [6.45, 7) is 5.28. The summed E-state index contributed by atoms with van der Waals surface area (Å²) in [6.07, 6.45) is 0.252. The van der Waals surface area contributed by atoms with Gasteiger partial charge in [-0.25, -0.2) is 4.98 Å². The Kier molecular flexibility index (Phi) is 4.47. The average molecular weight is 337 g/mol. The third-order valence-corrected chi connectivity index (χ3v) is 3.89. The number of carbonyl (C=O) groups is 1. The lowest BCUT2D eigenvalue weighted by Crippen LogP contribution is -2.21. The zero-order valence-electron chi connectivity index (χ0n) is 14.3. The normalized spacial score (nSPS) is 10.7. The first-order valence-corrected chi connectivity index (χ1v) is 7.92. The van der Waals surface area contributed by atoms with Gasteiger partial charge in [-0.2, -0.15) is 9.78 Å². The van der Waals surface area contributed by atoms with Gasteiger partial charge >= 0.3 is 0 Å². The van der Waals surface area contributed by atoms with Crippen LogP contribution >= 0.6 is 0 Å². The SMILES string of the molecule is Cc1cc(NC(=O)Cc2ccccc2)n(-c2nc(C)c(C)c(=O)[nH]2)n1. The van der Waals surface area contributed by atoms with E-state index in [1.165, 1.54) is 4.68 Å². The zero-order valence-corrected chi connectivity index (χ0v) is 14.3. The quantitative estimate of drug-likeness (QED) is 0.762. The van der Waals surface area contributed by atoms with Crippen LogP contribution in [0.1, 0.15) is 22.5 Å². The van der Waals surface area contributed by atoms with Crippen molar-refractivity contribution in [3.05, 3.63) is 69.3 Å². The van der Waals surface area contributed by atoms with Gasteiger partial charge in [-0.15, -0.1) is 0 Å². The van der Waals surface area contributed by atoms with Crippen LogP contribution in [0.15, 0.2) is 41.2 Å². The molecule has 0 atom stereocenters. The summed E-state index contributed by atoms with van der Waals surface area (Å²) in [7, 11) is 0. The number of amides is 1. The number of hydrogen-bond donors (Lipinski definition) is 2. The maximum Gasteiger partial charge on any atom is 0.255 e. The number of aromatic amines is 1. The van der Waals surface area contributed by atoms with Gasteiger partial charge in [0, 0.05) is 17.3 Å². The van der Waals surface area contributed by atoms with E-state index in [0.717, 1.165) is 5.56 Å². The monoisotopic (exact) mass is 337 g/mol. The summed E-state index contributed by atoms with van der Waals surface area (Å²) >= 11 is 0. The van der Waals surface area contributed by atoms with E-state index in [0.29, 0.717) is 22.8 Å². The van der Waals surface area contributed by atoms with Crippen LogP contribution < -0.4 is 10.9 Å². The largest absolute Gasteiger partial charge is 0.310 e. The van der Waals surface area contributed by atoms with E-state index in [1.54, 1.807) is 19.9 Å². The first-order valence-electron chi connectivity index (χ1n) is 7.92. The van der Waals surface area contributed by atoms with Gasteiger partial charge in [0.25, 0.3) is 5.56 Å². The molecule has 7 nitrogen and oxygen atoms in total. The number of rotatable bonds is 4. The molecule has 1 aromatic carbocycles.